The van der Waals surface area contributed by atoms with Crippen LogP contribution in [0.2, 0.25) is 0 Å². The number of ketones is 4. The number of benzene rings is 2. The lowest BCUT2D eigenvalue weighted by atomic mass is 9.82. The molecule has 33 heteroatoms. The third-order valence-corrected chi connectivity index (χ3v) is 21.2. The minimum absolute atomic E-state index is 0.00667. The number of carboxylic acids is 4. The first kappa shape index (κ1) is 108. The zero-order chi connectivity index (χ0) is 89.8. The molecule has 0 saturated carbocycles. The van der Waals surface area contributed by atoms with E-state index in [1.165, 1.54) is 31.2 Å². The molecule has 0 heterocycles. The molecule has 0 saturated heterocycles. The van der Waals surface area contributed by atoms with E-state index in [0.29, 0.717) is 186 Å². The van der Waals surface area contributed by atoms with Gasteiger partial charge in [-0.2, -0.15) is 0 Å². The molecule has 0 aliphatic carbocycles. The van der Waals surface area contributed by atoms with Crippen LogP contribution >= 0.6 is 0 Å². The summed E-state index contributed by atoms with van der Waals surface area (Å²) in [6.07, 6.45) is 21.8. The lowest BCUT2D eigenvalue weighted by molar-refractivity contribution is -0.142. The van der Waals surface area contributed by atoms with Gasteiger partial charge < -0.3 is 95.8 Å². The fraction of sp³-hybridized carbons (Fsp3) is 0.693. The Morgan fingerprint density at radius 2 is 0.661 bits per heavy atom. The van der Waals surface area contributed by atoms with Gasteiger partial charge in [0.25, 0.3) is 0 Å². The number of carboxylic acid groups (broad SMARTS) is 4. The number of hydrogen-bond acceptors (Lipinski definition) is 22. The van der Waals surface area contributed by atoms with Crippen molar-refractivity contribution in [2.75, 3.05) is 45.9 Å². The predicted molar refractivity (Wildman–Crippen MR) is 459 cm³/mol. The van der Waals surface area contributed by atoms with Crippen molar-refractivity contribution in [3.05, 3.63) is 59.7 Å². The van der Waals surface area contributed by atoms with Crippen molar-refractivity contribution in [3.8, 4) is 11.5 Å². The van der Waals surface area contributed by atoms with Crippen molar-refractivity contribution < 1.29 is 102 Å². The minimum atomic E-state index is -1.23. The second-order valence-electron chi connectivity index (χ2n) is 32.4. The van der Waals surface area contributed by atoms with Crippen LogP contribution in [0.4, 0.5) is 0 Å². The first-order valence-electron chi connectivity index (χ1n) is 43.9. The molecular formula is C88H144N12O21. The van der Waals surface area contributed by atoms with E-state index in [-0.39, 0.29) is 140 Å². The molecule has 2 aromatic carbocycles. The lowest BCUT2D eigenvalue weighted by Gasteiger charge is -2.23. The van der Waals surface area contributed by atoms with Crippen molar-refractivity contribution >= 4 is 88.4 Å². The van der Waals surface area contributed by atoms with Crippen molar-refractivity contribution in [3.63, 3.8) is 0 Å². The minimum Gasteiger partial charge on any atom is -0.494 e. The molecule has 0 aromatic heterocycles. The molecule has 0 aliphatic heterocycles. The summed E-state index contributed by atoms with van der Waals surface area (Å²) in [6, 6.07) is 7.02. The average molecular weight is 1710 g/mol. The van der Waals surface area contributed by atoms with Gasteiger partial charge in [0.15, 0.2) is 5.78 Å². The summed E-state index contributed by atoms with van der Waals surface area (Å²) in [6.45, 7) is 7.12. The molecule has 0 spiro atoms. The van der Waals surface area contributed by atoms with Crippen LogP contribution in [0.25, 0.3) is 0 Å². The van der Waals surface area contributed by atoms with E-state index in [1.807, 2.05) is 0 Å². The number of aliphatic carboxylic acids is 2. The van der Waals surface area contributed by atoms with E-state index in [1.54, 1.807) is 38.1 Å². The van der Waals surface area contributed by atoms with Crippen LogP contribution in [-0.2, 0) is 62.3 Å². The maximum Gasteiger partial charge on any atom is 0.335 e. The third kappa shape index (κ3) is 53.3. The smallest absolute Gasteiger partial charge is 0.335 e. The molecule has 8 atom stereocenters. The van der Waals surface area contributed by atoms with Gasteiger partial charge in [-0.3, -0.25) is 52.7 Å². The molecular weight excluding hydrogens is 1560 g/mol. The molecule has 121 heavy (non-hydrogen) atoms. The number of nitrogens with one attached hydrogen (secondary N) is 7. The molecule has 7 amide bonds. The van der Waals surface area contributed by atoms with E-state index >= 15 is 0 Å². The van der Waals surface area contributed by atoms with Crippen LogP contribution in [0.3, 0.4) is 0 Å². The highest BCUT2D eigenvalue weighted by Gasteiger charge is 2.32. The summed E-state index contributed by atoms with van der Waals surface area (Å²) in [5.74, 6) is -7.77. The van der Waals surface area contributed by atoms with Crippen molar-refractivity contribution in [2.45, 2.75) is 332 Å². The highest BCUT2D eigenvalue weighted by molar-refractivity contribution is 5.94. The Kier molecular flexibility index (Phi) is 57.4. The monoisotopic (exact) mass is 1710 g/mol. The highest BCUT2D eigenvalue weighted by atomic mass is 16.5. The van der Waals surface area contributed by atoms with Gasteiger partial charge in [0.2, 0.25) is 41.4 Å². The van der Waals surface area contributed by atoms with Crippen LogP contribution in [0.5, 0.6) is 11.5 Å². The lowest BCUT2D eigenvalue weighted by Crippen LogP contribution is -2.43. The van der Waals surface area contributed by atoms with Crippen LogP contribution in [0, 0.1) is 11.8 Å². The Balaban J connectivity index is 1.53. The van der Waals surface area contributed by atoms with Crippen molar-refractivity contribution in [2.24, 2.45) is 40.5 Å². The fourth-order valence-electron chi connectivity index (χ4n) is 13.4. The molecule has 2 aromatic rings. The predicted octanol–water partition coefficient (Wildman–Crippen LogP) is 8.22. The topological polar surface area (TPSA) is 570 Å². The maximum atomic E-state index is 13.8. The number of Topliss-reactive ketones (excluding diaryl/α,β-unsaturated/α-hetero) is 4. The third-order valence-electron chi connectivity index (χ3n) is 21.2. The second-order valence-corrected chi connectivity index (χ2v) is 32.4. The summed E-state index contributed by atoms with van der Waals surface area (Å²) < 4.78 is 11.3. The number of aromatic carboxylic acids is 2. The number of hydrogen-bond donors (Lipinski definition) is 16. The summed E-state index contributed by atoms with van der Waals surface area (Å²) in [5.41, 5.74) is 29.9. The zero-order valence-electron chi connectivity index (χ0n) is 72.0. The SMILES string of the molecule is CC(=O)[C@H](CCCCNC(=O)[C@@H](N)CCCCNC(=O)[C@@H](N)CCCCNC(=O)CC[C@H](NC(=O)CCCCCCCCCOc1ccc(C(=O)O)cc1)C(=O)O)CC(=O)[C@H](CCCCNC(=O)[C@@H](N)CCCCNC(=O)[C@@H](N)CCCCCC(=O)CC[C@H](NC(=O)CCCCCCCCCOc1ccc(C(=O)O)cc1)C(=O)O)CC(=O)C(C)(C)N. The highest BCUT2D eigenvalue weighted by Crippen LogP contribution is 2.25. The van der Waals surface area contributed by atoms with Gasteiger partial charge >= 0.3 is 23.9 Å². The van der Waals surface area contributed by atoms with Gasteiger partial charge in [-0.25, -0.2) is 19.2 Å². The number of ether oxygens (including phenoxy) is 2. The van der Waals surface area contributed by atoms with Gasteiger partial charge in [-0.05, 0) is 204 Å². The summed E-state index contributed by atoms with van der Waals surface area (Å²) >= 11 is 0. The standard InChI is InChI=1S/C88H144N12O21/c1-61(101)64(31-19-24-53-95-81(109)71(91)36-23-28-56-98-83(111)70(90)35-21-26-52-94-77(105)51-50-74(87(118)119)100-79(107)39-18-11-7-5-9-13-30-58-121-68-47-42-63(43-48-68)85(114)115)59-75(103)65(60-76(104)88(2,3)93)32-20-25-54-96-82(110)72(92)37-22-27-55-97-80(108)69(89)34-16-14-15-33-66(102)44-49-73(86(116)117)99-78(106)38-17-10-6-4-8-12-29-57-120-67-45-40-62(41-46-67)84(112)113/h40-43,45-48,64-65,69-74H,4-39,44,49-60,89-93H2,1-3H3,(H,94,105)(H,95,109)(H,96,110)(H,97,108)(H,98,111)(H,99,106)(H,100,107)(H,112,113)(H,114,115)(H,116,117)(H,118,119)/t64-,65-,69+,70+,71+,72+,73+,74+/m1/s1. The summed E-state index contributed by atoms with van der Waals surface area (Å²) in [5, 5.41) is 56.4. The Morgan fingerprint density at radius 1 is 0.347 bits per heavy atom. The fourth-order valence-corrected chi connectivity index (χ4v) is 13.4. The molecule has 21 N–H and O–H groups in total. The van der Waals surface area contributed by atoms with Gasteiger partial charge in [0.05, 0.1) is 54.0 Å². The Hall–Kier alpha value is -9.31. The van der Waals surface area contributed by atoms with Crippen molar-refractivity contribution in [1.82, 2.24) is 37.2 Å². The maximum absolute atomic E-state index is 13.8. The van der Waals surface area contributed by atoms with Crippen LogP contribution in [-0.4, -0.2) is 197 Å². The first-order chi connectivity index (χ1) is 57.7. The molecule has 0 bridgehead atoms. The normalized spacial score (nSPS) is 13.3. The molecule has 0 aliphatic rings. The van der Waals surface area contributed by atoms with Gasteiger partial charge in [-0.1, -0.05) is 89.9 Å². The Bertz CT molecular complexity index is 3450. The summed E-state index contributed by atoms with van der Waals surface area (Å²) in [7, 11) is 0. The van der Waals surface area contributed by atoms with E-state index in [4.69, 9.17) is 48.4 Å². The number of unbranched alkanes of at least 4 members (excludes halogenated alkanes) is 19. The molecule has 33 nitrogen and oxygen atoms in total. The first-order valence-corrected chi connectivity index (χ1v) is 43.9. The van der Waals surface area contributed by atoms with Crippen LogP contribution in [0.15, 0.2) is 48.5 Å². The number of carbonyl (C=O) groups is 15. The van der Waals surface area contributed by atoms with Gasteiger partial charge in [-0.15, -0.1) is 0 Å². The zero-order valence-corrected chi connectivity index (χ0v) is 72.0. The Morgan fingerprint density at radius 3 is 1.02 bits per heavy atom. The van der Waals surface area contributed by atoms with Crippen molar-refractivity contribution in [1.29, 1.82) is 0 Å². The van der Waals surface area contributed by atoms with E-state index in [0.717, 1.165) is 77.0 Å². The molecule has 0 fully saturated rings. The molecule has 0 radical (unpaired) electrons. The van der Waals surface area contributed by atoms with Gasteiger partial charge in [0.1, 0.15) is 40.9 Å². The van der Waals surface area contributed by atoms with E-state index in [2.05, 4.69) is 37.2 Å². The number of amides is 7. The second kappa shape index (κ2) is 64.5. The van der Waals surface area contributed by atoms with E-state index in [9.17, 15) is 82.1 Å². The molecule has 2 rings (SSSR count). The number of nitrogens with two attached hydrogens (primary N) is 5. The quantitative estimate of drug-likeness (QED) is 0.0277. The number of carbonyl (C=O) groups excluding carboxylic acids is 11. The Labute approximate surface area is 714 Å². The molecule has 0 unspecified atom stereocenters. The van der Waals surface area contributed by atoms with Crippen LogP contribution < -0.4 is 75.4 Å². The summed E-state index contributed by atoms with van der Waals surface area (Å²) in [4.78, 5) is 187. The van der Waals surface area contributed by atoms with Gasteiger partial charge in [0, 0.05) is 89.5 Å². The molecule has 682 valence electrons. The largest absolute Gasteiger partial charge is 0.494 e. The van der Waals surface area contributed by atoms with E-state index < -0.39 is 77.5 Å². The average Bonchev–Trinajstić information content (AvgIpc) is 0.710. The van der Waals surface area contributed by atoms with Crippen LogP contribution in [0.1, 0.15) is 311 Å². The number of rotatable bonds is 76.